The van der Waals surface area contributed by atoms with E-state index in [9.17, 15) is 5.48 Å². The molecule has 0 unspecified atom stereocenters. The smallest absolute Gasteiger partial charge is 0.0645 e. The second kappa shape index (κ2) is 10.6. The minimum atomic E-state index is -0.0805. The fourth-order valence-corrected chi connectivity index (χ4v) is 7.39. The average Bonchev–Trinajstić information content (AvgIpc) is 3.69. The Hall–Kier alpha value is -6.38. The van der Waals surface area contributed by atoms with Gasteiger partial charge in [-0.15, -0.1) is 0 Å². The summed E-state index contributed by atoms with van der Waals surface area (Å²) in [5.41, 5.74) is 8.18. The van der Waals surface area contributed by atoms with Gasteiger partial charge in [0.1, 0.15) is 0 Å². The molecule has 0 atom stereocenters. The average molecular weight is 615 g/mol. The maximum absolute atomic E-state index is 9.43. The number of hydrogen-bond donors (Lipinski definition) is 0. The first kappa shape index (κ1) is 23.0. The van der Waals surface area contributed by atoms with Crippen molar-refractivity contribution in [3.05, 3.63) is 182 Å². The van der Waals surface area contributed by atoms with E-state index in [0.717, 1.165) is 71.2 Å². The quantitative estimate of drug-likeness (QED) is 0.187. The standard InChI is InChI=1S/C46H30N2/c1-3-12-31(13-4-1)33-22-25-36(26-23-33)47-43-27-24-34-16-7-8-19-38(34)46(43)41-29-40-39-20-9-10-21-42(39)48(44(40)30-45(41)47)37-18-11-17-35(28-37)32-14-5-2-6-15-32/h1-30H/i22D,23D,25D,26D. The summed E-state index contributed by atoms with van der Waals surface area (Å²) >= 11 is 0. The SMILES string of the molecule is [2H]c1c([2H])c(-n2c3cc4c(cc3c3c5ccccc5ccc32)c2ccccc2n4-c2cccc(-c3ccccc3)c2)c([2H])c([2H])c1-c1ccccc1. The highest BCUT2D eigenvalue weighted by Gasteiger charge is 2.20. The summed E-state index contributed by atoms with van der Waals surface area (Å²) in [6.07, 6.45) is 0. The van der Waals surface area contributed by atoms with Crippen LogP contribution in [0.1, 0.15) is 5.48 Å². The summed E-state index contributed by atoms with van der Waals surface area (Å²) in [6.45, 7) is 0. The van der Waals surface area contributed by atoms with Gasteiger partial charge in [-0.3, -0.25) is 0 Å². The lowest BCUT2D eigenvalue weighted by atomic mass is 10.0. The van der Waals surface area contributed by atoms with Crippen LogP contribution in [0.2, 0.25) is 0 Å². The molecule has 48 heavy (non-hydrogen) atoms. The summed E-state index contributed by atoms with van der Waals surface area (Å²) < 4.78 is 41.5. The Balaban J connectivity index is 1.35. The minimum absolute atomic E-state index is 0.0640. The van der Waals surface area contributed by atoms with Gasteiger partial charge in [0.2, 0.25) is 0 Å². The fourth-order valence-electron chi connectivity index (χ4n) is 7.39. The Morgan fingerprint density at radius 2 is 0.958 bits per heavy atom. The predicted molar refractivity (Wildman–Crippen MR) is 203 cm³/mol. The van der Waals surface area contributed by atoms with Gasteiger partial charge in [0.05, 0.1) is 27.5 Å². The molecule has 0 bridgehead atoms. The molecule has 2 heterocycles. The van der Waals surface area contributed by atoms with Gasteiger partial charge < -0.3 is 9.13 Å². The summed E-state index contributed by atoms with van der Waals surface area (Å²) in [5.74, 6) is 0. The first-order valence-corrected chi connectivity index (χ1v) is 16.2. The van der Waals surface area contributed by atoms with Gasteiger partial charge in [-0.25, -0.2) is 0 Å². The third-order valence-electron chi connectivity index (χ3n) is 9.56. The van der Waals surface area contributed by atoms with E-state index in [4.69, 9.17) is 0 Å². The number of nitrogens with zero attached hydrogens (tertiary/aromatic N) is 2. The van der Waals surface area contributed by atoms with Crippen molar-refractivity contribution in [3.8, 4) is 33.6 Å². The van der Waals surface area contributed by atoms with Crippen LogP contribution in [0.4, 0.5) is 0 Å². The van der Waals surface area contributed by atoms with Crippen LogP contribution >= 0.6 is 0 Å². The third-order valence-corrected chi connectivity index (χ3v) is 9.56. The summed E-state index contributed by atoms with van der Waals surface area (Å²) in [5, 5.41) is 6.39. The van der Waals surface area contributed by atoms with E-state index in [1.807, 2.05) is 53.1 Å². The van der Waals surface area contributed by atoms with Crippen LogP contribution < -0.4 is 0 Å². The highest BCUT2D eigenvalue weighted by atomic mass is 15.0. The van der Waals surface area contributed by atoms with Crippen molar-refractivity contribution in [1.29, 1.82) is 0 Å². The molecule has 0 fully saturated rings. The number of fused-ring (bicyclic) bond motifs is 8. The molecule has 0 saturated heterocycles. The summed E-state index contributed by atoms with van der Waals surface area (Å²) in [4.78, 5) is 0. The Kier molecular flexibility index (Phi) is 5.08. The molecule has 2 aromatic heterocycles. The van der Waals surface area contributed by atoms with Crippen molar-refractivity contribution in [2.75, 3.05) is 0 Å². The van der Waals surface area contributed by atoms with Gasteiger partial charge in [0.25, 0.3) is 0 Å². The van der Waals surface area contributed by atoms with Crippen LogP contribution in [-0.4, -0.2) is 9.13 Å². The van der Waals surface area contributed by atoms with Crippen LogP contribution in [0.3, 0.4) is 0 Å². The molecule has 0 aliphatic heterocycles. The van der Waals surface area contributed by atoms with E-state index in [0.29, 0.717) is 11.1 Å². The molecule has 10 rings (SSSR count). The van der Waals surface area contributed by atoms with Gasteiger partial charge in [-0.05, 0) is 81.5 Å². The highest BCUT2D eigenvalue weighted by Crippen LogP contribution is 2.42. The van der Waals surface area contributed by atoms with Gasteiger partial charge in [-0.2, -0.15) is 0 Å². The molecule has 8 aromatic carbocycles. The lowest BCUT2D eigenvalue weighted by Gasteiger charge is -2.12. The molecule has 0 saturated carbocycles. The van der Waals surface area contributed by atoms with E-state index in [1.54, 1.807) is 0 Å². The van der Waals surface area contributed by atoms with Crippen molar-refractivity contribution in [1.82, 2.24) is 9.13 Å². The molecular weight excluding hydrogens is 581 g/mol. The first-order valence-electron chi connectivity index (χ1n) is 18.2. The largest absolute Gasteiger partial charge is 0.309 e. The molecule has 0 aliphatic rings. The van der Waals surface area contributed by atoms with Crippen molar-refractivity contribution in [2.45, 2.75) is 0 Å². The molecule has 224 valence electrons. The molecular formula is C46H30N2. The predicted octanol–water partition coefficient (Wildman–Crippen LogP) is 12.4. The normalized spacial score (nSPS) is 12.9. The Morgan fingerprint density at radius 3 is 1.75 bits per heavy atom. The Bertz CT molecular complexity index is 3020. The van der Waals surface area contributed by atoms with Gasteiger partial charge in [0.15, 0.2) is 0 Å². The van der Waals surface area contributed by atoms with Crippen molar-refractivity contribution < 1.29 is 5.48 Å². The van der Waals surface area contributed by atoms with Gasteiger partial charge >= 0.3 is 0 Å². The van der Waals surface area contributed by atoms with E-state index in [2.05, 4.69) is 114 Å². The van der Waals surface area contributed by atoms with Crippen molar-refractivity contribution in [2.24, 2.45) is 0 Å². The number of rotatable bonds is 4. The zero-order chi connectivity index (χ0) is 35.1. The molecule has 0 spiro atoms. The maximum atomic E-state index is 9.43. The van der Waals surface area contributed by atoms with E-state index in [1.165, 1.54) is 0 Å². The summed E-state index contributed by atoms with van der Waals surface area (Å²) in [6, 6.07) is 53.3. The van der Waals surface area contributed by atoms with E-state index < -0.39 is 0 Å². The Morgan fingerprint density at radius 1 is 0.333 bits per heavy atom. The zero-order valence-electron chi connectivity index (χ0n) is 29.9. The molecule has 0 radical (unpaired) electrons. The number of benzene rings is 8. The number of hydrogen-bond acceptors (Lipinski definition) is 0. The van der Waals surface area contributed by atoms with E-state index >= 15 is 0 Å². The molecule has 2 heteroatoms. The van der Waals surface area contributed by atoms with Crippen molar-refractivity contribution >= 4 is 54.4 Å². The maximum Gasteiger partial charge on any atom is 0.0645 e. The highest BCUT2D eigenvalue weighted by molar-refractivity contribution is 6.25. The van der Waals surface area contributed by atoms with Crippen molar-refractivity contribution in [3.63, 3.8) is 0 Å². The van der Waals surface area contributed by atoms with E-state index in [-0.39, 0.29) is 29.9 Å². The van der Waals surface area contributed by atoms with Crippen LogP contribution in [0.15, 0.2) is 182 Å². The molecule has 0 aliphatic carbocycles. The monoisotopic (exact) mass is 614 g/mol. The first-order chi connectivity index (χ1) is 25.5. The molecule has 0 amide bonds. The van der Waals surface area contributed by atoms with Crippen LogP contribution in [0.5, 0.6) is 0 Å². The Labute approximate surface area is 284 Å². The van der Waals surface area contributed by atoms with Gasteiger partial charge in [-0.1, -0.05) is 133 Å². The van der Waals surface area contributed by atoms with Crippen LogP contribution in [0, 0.1) is 0 Å². The van der Waals surface area contributed by atoms with Gasteiger partial charge in [0, 0.05) is 32.9 Å². The second-order valence-corrected chi connectivity index (χ2v) is 12.3. The summed E-state index contributed by atoms with van der Waals surface area (Å²) in [7, 11) is 0. The topological polar surface area (TPSA) is 9.86 Å². The van der Waals surface area contributed by atoms with Crippen LogP contribution in [0.25, 0.3) is 88.0 Å². The van der Waals surface area contributed by atoms with Crippen LogP contribution in [-0.2, 0) is 0 Å². The zero-order valence-corrected chi connectivity index (χ0v) is 25.9. The third kappa shape index (κ3) is 4.06. The second-order valence-electron chi connectivity index (χ2n) is 12.3. The fraction of sp³-hybridized carbons (Fsp3) is 0. The molecule has 2 nitrogen and oxygen atoms in total. The number of aromatic nitrogens is 2. The lowest BCUT2D eigenvalue weighted by Crippen LogP contribution is -1.96. The lowest BCUT2D eigenvalue weighted by molar-refractivity contribution is 1.17. The number of para-hydroxylation sites is 1. The minimum Gasteiger partial charge on any atom is -0.309 e. The molecule has 10 aromatic rings. The molecule has 0 N–H and O–H groups in total.